The van der Waals surface area contributed by atoms with E-state index in [0.717, 1.165) is 6.42 Å². The van der Waals surface area contributed by atoms with Crippen molar-refractivity contribution < 1.29 is 0 Å². The standard InChI is InChI=1S/C13H22BrN3S/c1-17(2)13(6-3-4-7-13)12(16-15)9-11-10(14)5-8-18-11/h5,8,12,16H,3-4,6-7,9,15H2,1-2H3. The molecule has 5 heteroatoms. The van der Waals surface area contributed by atoms with Crippen LogP contribution in [0.1, 0.15) is 30.6 Å². The second kappa shape index (κ2) is 6.01. The molecular formula is C13H22BrN3S. The maximum absolute atomic E-state index is 5.85. The fraction of sp³-hybridized carbons (Fsp3) is 0.692. The third-order valence-electron chi connectivity index (χ3n) is 4.29. The van der Waals surface area contributed by atoms with Gasteiger partial charge in [0.15, 0.2) is 0 Å². The van der Waals surface area contributed by atoms with Crippen LogP contribution in [0.15, 0.2) is 15.9 Å². The van der Waals surface area contributed by atoms with Crippen molar-refractivity contribution in [2.45, 2.75) is 43.7 Å². The van der Waals surface area contributed by atoms with E-state index in [-0.39, 0.29) is 5.54 Å². The first-order valence-corrected chi connectivity index (χ1v) is 8.13. The van der Waals surface area contributed by atoms with Crippen LogP contribution in [0, 0.1) is 0 Å². The molecule has 3 nitrogen and oxygen atoms in total. The van der Waals surface area contributed by atoms with Crippen molar-refractivity contribution in [2.75, 3.05) is 14.1 Å². The Morgan fingerprint density at radius 2 is 2.17 bits per heavy atom. The number of likely N-dealkylation sites (N-methyl/N-ethyl adjacent to an activating group) is 1. The van der Waals surface area contributed by atoms with Crippen molar-refractivity contribution >= 4 is 27.3 Å². The molecule has 18 heavy (non-hydrogen) atoms. The van der Waals surface area contributed by atoms with Gasteiger partial charge in [0, 0.05) is 27.4 Å². The SMILES string of the molecule is CN(C)C1(C(Cc2sccc2Br)NN)CCCC1. The molecule has 102 valence electrons. The Morgan fingerprint density at radius 3 is 2.61 bits per heavy atom. The van der Waals surface area contributed by atoms with Crippen molar-refractivity contribution in [1.82, 2.24) is 10.3 Å². The first-order chi connectivity index (χ1) is 8.60. The molecule has 1 unspecified atom stereocenters. The normalized spacial score (nSPS) is 20.5. The highest BCUT2D eigenvalue weighted by Crippen LogP contribution is 2.38. The van der Waals surface area contributed by atoms with Crippen LogP contribution in [0.25, 0.3) is 0 Å². The predicted molar refractivity (Wildman–Crippen MR) is 81.7 cm³/mol. The Morgan fingerprint density at radius 1 is 1.50 bits per heavy atom. The van der Waals surface area contributed by atoms with E-state index in [1.165, 1.54) is 35.0 Å². The maximum atomic E-state index is 5.85. The quantitative estimate of drug-likeness (QED) is 0.644. The Hall–Kier alpha value is 0.0600. The summed E-state index contributed by atoms with van der Waals surface area (Å²) in [6, 6.07) is 2.43. The summed E-state index contributed by atoms with van der Waals surface area (Å²) in [5.41, 5.74) is 3.28. The van der Waals surface area contributed by atoms with Crippen molar-refractivity contribution in [3.05, 3.63) is 20.8 Å². The number of hydrogen-bond donors (Lipinski definition) is 2. The fourth-order valence-corrected chi connectivity index (χ4v) is 4.72. The van der Waals surface area contributed by atoms with Gasteiger partial charge in [0.25, 0.3) is 0 Å². The van der Waals surface area contributed by atoms with Crippen LogP contribution in [0.5, 0.6) is 0 Å². The number of hydrogen-bond acceptors (Lipinski definition) is 4. The molecule has 0 bridgehead atoms. The topological polar surface area (TPSA) is 41.3 Å². The van der Waals surface area contributed by atoms with E-state index in [1.807, 2.05) is 0 Å². The lowest BCUT2D eigenvalue weighted by Gasteiger charge is -2.43. The molecule has 0 aliphatic heterocycles. The zero-order chi connectivity index (χ0) is 13.2. The molecule has 0 radical (unpaired) electrons. The summed E-state index contributed by atoms with van der Waals surface area (Å²) >= 11 is 5.42. The van der Waals surface area contributed by atoms with E-state index >= 15 is 0 Å². The zero-order valence-corrected chi connectivity index (χ0v) is 13.5. The first kappa shape index (κ1) is 14.5. The summed E-state index contributed by atoms with van der Waals surface area (Å²) in [7, 11) is 4.36. The number of nitrogens with two attached hydrogens (primary N) is 1. The van der Waals surface area contributed by atoms with Crippen molar-refractivity contribution in [3.8, 4) is 0 Å². The molecule has 1 heterocycles. The lowest BCUT2D eigenvalue weighted by atomic mass is 9.85. The summed E-state index contributed by atoms with van der Waals surface area (Å²) in [5, 5.41) is 2.13. The van der Waals surface area contributed by atoms with Crippen LogP contribution < -0.4 is 11.3 Å². The maximum Gasteiger partial charge on any atom is 0.0443 e. The predicted octanol–water partition coefficient (Wildman–Crippen LogP) is 2.76. The summed E-state index contributed by atoms with van der Waals surface area (Å²) in [6.45, 7) is 0. The molecule has 0 amide bonds. The Kier molecular flexibility index (Phi) is 4.83. The number of thiophene rings is 1. The Labute approximate surface area is 122 Å². The monoisotopic (exact) mass is 331 g/mol. The molecule has 1 saturated carbocycles. The minimum Gasteiger partial charge on any atom is -0.302 e. The number of nitrogens with one attached hydrogen (secondary N) is 1. The van der Waals surface area contributed by atoms with E-state index in [2.05, 4.69) is 51.8 Å². The second-order valence-corrected chi connectivity index (χ2v) is 7.18. The third-order valence-corrected chi connectivity index (χ3v) is 6.24. The lowest BCUT2D eigenvalue weighted by molar-refractivity contribution is 0.105. The van der Waals surface area contributed by atoms with Gasteiger partial charge in [-0.2, -0.15) is 0 Å². The highest BCUT2D eigenvalue weighted by Gasteiger charge is 2.42. The fourth-order valence-electron chi connectivity index (χ4n) is 3.15. The van der Waals surface area contributed by atoms with Gasteiger partial charge in [-0.15, -0.1) is 11.3 Å². The van der Waals surface area contributed by atoms with E-state index < -0.39 is 0 Å². The smallest absolute Gasteiger partial charge is 0.0443 e. The molecule has 1 aliphatic carbocycles. The minimum atomic E-state index is 0.207. The van der Waals surface area contributed by atoms with E-state index in [9.17, 15) is 0 Å². The Bertz CT molecular complexity index is 385. The molecule has 1 fully saturated rings. The molecule has 1 aromatic rings. The molecule has 1 atom stereocenters. The average molecular weight is 332 g/mol. The minimum absolute atomic E-state index is 0.207. The Balaban J connectivity index is 2.19. The average Bonchev–Trinajstić information content (AvgIpc) is 2.96. The van der Waals surface area contributed by atoms with Gasteiger partial charge in [0.1, 0.15) is 0 Å². The molecule has 0 saturated heterocycles. The van der Waals surface area contributed by atoms with Crippen LogP contribution in [0.2, 0.25) is 0 Å². The first-order valence-electron chi connectivity index (χ1n) is 6.45. The van der Waals surface area contributed by atoms with Crippen LogP contribution in [-0.2, 0) is 6.42 Å². The van der Waals surface area contributed by atoms with Gasteiger partial charge < -0.3 is 4.90 Å². The molecular weight excluding hydrogens is 310 g/mol. The highest BCUT2D eigenvalue weighted by molar-refractivity contribution is 9.10. The summed E-state index contributed by atoms with van der Waals surface area (Å²) < 4.78 is 1.21. The van der Waals surface area contributed by atoms with Gasteiger partial charge in [-0.3, -0.25) is 11.3 Å². The summed E-state index contributed by atoms with van der Waals surface area (Å²) in [5.74, 6) is 5.85. The third kappa shape index (κ3) is 2.65. The van der Waals surface area contributed by atoms with Crippen molar-refractivity contribution in [1.29, 1.82) is 0 Å². The number of nitrogens with zero attached hydrogens (tertiary/aromatic N) is 1. The van der Waals surface area contributed by atoms with Crippen molar-refractivity contribution in [2.24, 2.45) is 5.84 Å². The van der Waals surface area contributed by atoms with E-state index in [1.54, 1.807) is 11.3 Å². The van der Waals surface area contributed by atoms with Crippen molar-refractivity contribution in [3.63, 3.8) is 0 Å². The zero-order valence-electron chi connectivity index (χ0n) is 11.1. The second-order valence-electron chi connectivity index (χ2n) is 5.32. The van der Waals surface area contributed by atoms with E-state index in [0.29, 0.717) is 6.04 Å². The van der Waals surface area contributed by atoms with Crippen LogP contribution in [0.3, 0.4) is 0 Å². The molecule has 3 N–H and O–H groups in total. The number of halogens is 1. The van der Waals surface area contributed by atoms with E-state index in [4.69, 9.17) is 5.84 Å². The van der Waals surface area contributed by atoms with Gasteiger partial charge in [0.2, 0.25) is 0 Å². The molecule has 0 spiro atoms. The van der Waals surface area contributed by atoms with Crippen LogP contribution in [-0.4, -0.2) is 30.6 Å². The summed E-state index contributed by atoms with van der Waals surface area (Å²) in [6.07, 6.45) is 6.08. The molecule has 1 aliphatic rings. The number of rotatable bonds is 5. The highest BCUT2D eigenvalue weighted by atomic mass is 79.9. The van der Waals surface area contributed by atoms with Gasteiger partial charge in [-0.05, 0) is 54.3 Å². The van der Waals surface area contributed by atoms with Gasteiger partial charge in [-0.25, -0.2) is 0 Å². The largest absolute Gasteiger partial charge is 0.302 e. The molecule has 0 aromatic carbocycles. The lowest BCUT2D eigenvalue weighted by Crippen LogP contribution is -2.60. The van der Waals surface area contributed by atoms with Crippen LogP contribution in [0.4, 0.5) is 0 Å². The van der Waals surface area contributed by atoms with Crippen LogP contribution >= 0.6 is 27.3 Å². The van der Waals surface area contributed by atoms with Gasteiger partial charge in [-0.1, -0.05) is 12.8 Å². The molecule has 2 rings (SSSR count). The van der Waals surface area contributed by atoms with Gasteiger partial charge >= 0.3 is 0 Å². The molecule has 1 aromatic heterocycles. The summed E-state index contributed by atoms with van der Waals surface area (Å²) in [4.78, 5) is 3.75. The number of hydrazine groups is 1. The van der Waals surface area contributed by atoms with Gasteiger partial charge in [0.05, 0.1) is 0 Å².